The number of hydrogen-bond donors (Lipinski definition) is 2. The van der Waals surface area contributed by atoms with Gasteiger partial charge in [0.15, 0.2) is 11.6 Å². The first kappa shape index (κ1) is 17.9. The topological polar surface area (TPSA) is 58.2 Å². The fourth-order valence-corrected chi connectivity index (χ4v) is 2.42. The molecule has 8 heteroatoms. The molecule has 0 fully saturated rings. The van der Waals surface area contributed by atoms with Crippen LogP contribution in [0.5, 0.6) is 0 Å². The van der Waals surface area contributed by atoms with Gasteiger partial charge in [0.25, 0.3) is 0 Å². The highest BCUT2D eigenvalue weighted by Crippen LogP contribution is 2.17. The molecule has 0 bridgehead atoms. The molecule has 0 heterocycles. The van der Waals surface area contributed by atoms with Crippen molar-refractivity contribution in [3.8, 4) is 0 Å². The second-order valence-electron chi connectivity index (χ2n) is 4.70. The zero-order chi connectivity index (χ0) is 17.5. The molecule has 126 valence electrons. The van der Waals surface area contributed by atoms with Crippen LogP contribution in [0, 0.1) is 17.5 Å². The number of halogens is 3. The predicted molar refractivity (Wildman–Crippen MR) is 85.1 cm³/mol. The van der Waals surface area contributed by atoms with Gasteiger partial charge in [-0.15, -0.1) is 11.8 Å². The lowest BCUT2D eigenvalue weighted by Gasteiger charge is -2.07. The summed E-state index contributed by atoms with van der Waals surface area (Å²) in [7, 11) is 0. The molecule has 4 nitrogen and oxygen atoms in total. The quantitative estimate of drug-likeness (QED) is 0.784. The summed E-state index contributed by atoms with van der Waals surface area (Å²) < 4.78 is 38.5. The van der Waals surface area contributed by atoms with Crippen LogP contribution in [-0.2, 0) is 9.59 Å². The zero-order valence-electron chi connectivity index (χ0n) is 12.3. The molecule has 2 N–H and O–H groups in total. The Hall–Kier alpha value is -2.48. The molecule has 0 aliphatic carbocycles. The summed E-state index contributed by atoms with van der Waals surface area (Å²) >= 11 is 1.19. The van der Waals surface area contributed by atoms with Crippen molar-refractivity contribution in [2.24, 2.45) is 0 Å². The molecule has 0 saturated heterocycles. The van der Waals surface area contributed by atoms with E-state index in [4.69, 9.17) is 0 Å². The summed E-state index contributed by atoms with van der Waals surface area (Å²) in [4.78, 5) is 24.0. The Kier molecular flexibility index (Phi) is 6.25. The van der Waals surface area contributed by atoms with Gasteiger partial charge in [-0.05, 0) is 36.4 Å². The summed E-state index contributed by atoms with van der Waals surface area (Å²) in [6.45, 7) is -0.304. The molecule has 24 heavy (non-hydrogen) atoms. The van der Waals surface area contributed by atoms with E-state index in [1.807, 2.05) is 0 Å². The van der Waals surface area contributed by atoms with Crippen molar-refractivity contribution >= 4 is 29.3 Å². The van der Waals surface area contributed by atoms with Crippen LogP contribution in [0.3, 0.4) is 0 Å². The van der Waals surface area contributed by atoms with Crippen LogP contribution in [0.15, 0.2) is 47.4 Å². The van der Waals surface area contributed by atoms with Crippen molar-refractivity contribution in [3.63, 3.8) is 0 Å². The Morgan fingerprint density at radius 1 is 0.917 bits per heavy atom. The highest BCUT2D eigenvalue weighted by Gasteiger charge is 2.08. The summed E-state index contributed by atoms with van der Waals surface area (Å²) in [5.41, 5.74) is 0.0915. The highest BCUT2D eigenvalue weighted by atomic mass is 32.2. The van der Waals surface area contributed by atoms with Crippen molar-refractivity contribution in [2.75, 3.05) is 17.6 Å². The molecule has 2 aromatic rings. The smallest absolute Gasteiger partial charge is 0.243 e. The van der Waals surface area contributed by atoms with E-state index in [9.17, 15) is 22.8 Å². The van der Waals surface area contributed by atoms with E-state index in [-0.39, 0.29) is 29.7 Å². The Bertz CT molecular complexity index is 739. The monoisotopic (exact) mass is 354 g/mol. The van der Waals surface area contributed by atoms with Gasteiger partial charge in [-0.25, -0.2) is 13.2 Å². The van der Waals surface area contributed by atoms with E-state index in [2.05, 4.69) is 10.6 Å². The number of carbonyl (C=O) groups is 2. The second kappa shape index (κ2) is 8.39. The number of nitrogens with one attached hydrogen (secondary N) is 2. The third-order valence-corrected chi connectivity index (χ3v) is 3.85. The number of thioether (sulfide) groups is 1. The molecule has 0 saturated carbocycles. The first-order valence-electron chi connectivity index (χ1n) is 6.84. The highest BCUT2D eigenvalue weighted by molar-refractivity contribution is 8.00. The number of amides is 2. The van der Waals surface area contributed by atoms with Crippen molar-refractivity contribution in [1.29, 1.82) is 0 Å². The van der Waals surface area contributed by atoms with Gasteiger partial charge in [-0.2, -0.15) is 0 Å². The van der Waals surface area contributed by atoms with Gasteiger partial charge in [0.2, 0.25) is 11.8 Å². The largest absolute Gasteiger partial charge is 0.346 e. The molecule has 0 aromatic heterocycles. The minimum Gasteiger partial charge on any atom is -0.346 e. The average molecular weight is 354 g/mol. The van der Waals surface area contributed by atoms with Crippen molar-refractivity contribution in [3.05, 3.63) is 59.9 Å². The van der Waals surface area contributed by atoms with Gasteiger partial charge >= 0.3 is 0 Å². The lowest BCUT2D eigenvalue weighted by Crippen LogP contribution is -2.33. The van der Waals surface area contributed by atoms with Crippen molar-refractivity contribution in [2.45, 2.75) is 4.90 Å². The minimum absolute atomic E-state index is 0.0596. The summed E-state index contributed by atoms with van der Waals surface area (Å²) in [6.07, 6.45) is 0. The minimum atomic E-state index is -1.08. The maximum Gasteiger partial charge on any atom is 0.243 e. The van der Waals surface area contributed by atoms with Crippen LogP contribution in [-0.4, -0.2) is 24.1 Å². The normalized spacial score (nSPS) is 10.3. The predicted octanol–water partition coefficient (Wildman–Crippen LogP) is 2.95. The Morgan fingerprint density at radius 2 is 1.62 bits per heavy atom. The number of benzene rings is 2. The van der Waals surface area contributed by atoms with Crippen molar-refractivity contribution in [1.82, 2.24) is 5.32 Å². The van der Waals surface area contributed by atoms with Gasteiger partial charge < -0.3 is 10.6 Å². The van der Waals surface area contributed by atoms with Crippen LogP contribution >= 0.6 is 11.8 Å². The molecule has 2 aromatic carbocycles. The van der Waals surface area contributed by atoms with Crippen LogP contribution in [0.4, 0.5) is 18.9 Å². The van der Waals surface area contributed by atoms with E-state index in [0.29, 0.717) is 0 Å². The fraction of sp³-hybridized carbons (Fsp3) is 0.125. The SMILES string of the molecule is O=C(CSc1ccc(F)cc1)NCC(=O)Nc1ccc(F)c(F)c1. The molecule has 2 amide bonds. The molecule has 0 atom stereocenters. The van der Waals surface area contributed by atoms with E-state index >= 15 is 0 Å². The Morgan fingerprint density at radius 3 is 2.29 bits per heavy atom. The zero-order valence-corrected chi connectivity index (χ0v) is 13.1. The maximum atomic E-state index is 13.0. The van der Waals surface area contributed by atoms with E-state index < -0.39 is 17.5 Å². The summed E-state index contributed by atoms with van der Waals surface area (Å²) in [5, 5.41) is 4.73. The lowest BCUT2D eigenvalue weighted by molar-refractivity contribution is -0.122. The van der Waals surface area contributed by atoms with Crippen molar-refractivity contribution < 1.29 is 22.8 Å². The third kappa shape index (κ3) is 5.62. The number of anilines is 1. The molecule has 0 radical (unpaired) electrons. The first-order chi connectivity index (χ1) is 11.4. The summed E-state index contributed by atoms with van der Waals surface area (Å²) in [5.74, 6) is -3.35. The average Bonchev–Trinajstić information content (AvgIpc) is 2.56. The molecular formula is C16H13F3N2O2S. The van der Waals surface area contributed by atoms with Gasteiger partial charge in [-0.1, -0.05) is 0 Å². The van der Waals surface area contributed by atoms with E-state index in [1.165, 1.54) is 30.0 Å². The van der Waals surface area contributed by atoms with Gasteiger partial charge in [0.05, 0.1) is 12.3 Å². The number of hydrogen-bond acceptors (Lipinski definition) is 3. The fourth-order valence-electron chi connectivity index (χ4n) is 1.69. The molecule has 0 unspecified atom stereocenters. The molecule has 0 spiro atoms. The maximum absolute atomic E-state index is 13.0. The van der Waals surface area contributed by atoms with Crippen LogP contribution < -0.4 is 10.6 Å². The molecule has 0 aliphatic rings. The Labute approximate surface area is 140 Å². The Balaban J connectivity index is 1.73. The number of carbonyl (C=O) groups excluding carboxylic acids is 2. The van der Waals surface area contributed by atoms with Gasteiger partial charge in [0, 0.05) is 16.6 Å². The van der Waals surface area contributed by atoms with Gasteiger partial charge in [0.1, 0.15) is 5.82 Å². The second-order valence-corrected chi connectivity index (χ2v) is 5.75. The molecule has 2 rings (SSSR count). The van der Waals surface area contributed by atoms with Crippen LogP contribution in [0.2, 0.25) is 0 Å². The first-order valence-corrected chi connectivity index (χ1v) is 7.82. The molecule has 0 aliphatic heterocycles. The summed E-state index contributed by atoms with van der Waals surface area (Å²) in [6, 6.07) is 8.61. The van der Waals surface area contributed by atoms with Crippen LogP contribution in [0.25, 0.3) is 0 Å². The molecular weight excluding hydrogens is 341 g/mol. The lowest BCUT2D eigenvalue weighted by atomic mass is 10.3. The van der Waals surface area contributed by atoms with E-state index in [1.54, 1.807) is 12.1 Å². The van der Waals surface area contributed by atoms with Crippen LogP contribution in [0.1, 0.15) is 0 Å². The third-order valence-electron chi connectivity index (χ3n) is 2.83. The van der Waals surface area contributed by atoms with Gasteiger partial charge in [-0.3, -0.25) is 9.59 Å². The number of rotatable bonds is 6. The standard InChI is InChI=1S/C16H13F3N2O2S/c17-10-1-4-12(5-2-10)24-9-16(23)20-8-15(22)21-11-3-6-13(18)14(19)7-11/h1-7H,8-9H2,(H,20,23)(H,21,22). The van der Waals surface area contributed by atoms with E-state index in [0.717, 1.165) is 17.0 Å².